The van der Waals surface area contributed by atoms with Crippen molar-refractivity contribution in [3.63, 3.8) is 0 Å². The molecule has 4 nitrogen and oxygen atoms in total. The maximum absolute atomic E-state index is 5.57. The smallest absolute Gasteiger partial charge is 0.145 e. The molecule has 0 unspecified atom stereocenters. The molecule has 0 saturated heterocycles. The van der Waals surface area contributed by atoms with Crippen molar-refractivity contribution in [1.29, 1.82) is 0 Å². The van der Waals surface area contributed by atoms with Crippen molar-refractivity contribution in [1.82, 2.24) is 9.78 Å². The van der Waals surface area contributed by atoms with E-state index >= 15 is 0 Å². The molecule has 0 spiro atoms. The summed E-state index contributed by atoms with van der Waals surface area (Å²) in [5.41, 5.74) is 6.61. The summed E-state index contributed by atoms with van der Waals surface area (Å²) in [5.74, 6) is 0.557. The van der Waals surface area contributed by atoms with E-state index in [1.807, 2.05) is 13.0 Å². The minimum absolute atomic E-state index is 0.507. The Kier molecular flexibility index (Phi) is 3.93. The topological polar surface area (TPSA) is 53.1 Å². The van der Waals surface area contributed by atoms with Crippen molar-refractivity contribution in [2.75, 3.05) is 12.3 Å². The Bertz CT molecular complexity index is 317. The van der Waals surface area contributed by atoms with Gasteiger partial charge in [-0.05, 0) is 13.0 Å². The van der Waals surface area contributed by atoms with Gasteiger partial charge in [0, 0.05) is 26.4 Å². The quantitative estimate of drug-likeness (QED) is 0.619. The summed E-state index contributed by atoms with van der Waals surface area (Å²) in [5, 5.41) is 4.12. The number of aromatic nitrogens is 2. The van der Waals surface area contributed by atoms with Gasteiger partial charge in [0.05, 0.1) is 0 Å². The van der Waals surface area contributed by atoms with E-state index in [-0.39, 0.29) is 0 Å². The molecule has 1 aromatic heterocycles. The summed E-state index contributed by atoms with van der Waals surface area (Å²) >= 11 is 0. The first kappa shape index (κ1) is 12.3. The van der Waals surface area contributed by atoms with Gasteiger partial charge < -0.3 is 10.5 Å². The van der Waals surface area contributed by atoms with Crippen LogP contribution in [-0.4, -0.2) is 24.5 Å². The normalized spacial score (nSPS) is 12.0. The standard InChI is InChI=1S/C10H21N3OSi/c1-9-7-10(11)12-13(9)8-14-5-6-15(2,3)4/h7H,5-6,8H2,1-4H3,(H2,11,12). The first-order valence-electron chi connectivity index (χ1n) is 5.26. The maximum Gasteiger partial charge on any atom is 0.145 e. The number of ether oxygens (including phenoxy) is 1. The second-order valence-corrected chi connectivity index (χ2v) is 10.7. The summed E-state index contributed by atoms with van der Waals surface area (Å²) in [6.45, 7) is 10.3. The van der Waals surface area contributed by atoms with Gasteiger partial charge in [0.1, 0.15) is 12.5 Å². The zero-order valence-corrected chi connectivity index (χ0v) is 11.1. The monoisotopic (exact) mass is 227 g/mol. The molecule has 0 amide bonds. The van der Waals surface area contributed by atoms with Gasteiger partial charge in [0.2, 0.25) is 0 Å². The van der Waals surface area contributed by atoms with Gasteiger partial charge in [0.25, 0.3) is 0 Å². The SMILES string of the molecule is Cc1cc(N)nn1COCC[Si](C)(C)C. The van der Waals surface area contributed by atoms with Crippen LogP contribution in [0.1, 0.15) is 5.69 Å². The lowest BCUT2D eigenvalue weighted by molar-refractivity contribution is 0.0773. The first-order chi connectivity index (χ1) is 6.88. The molecule has 0 fully saturated rings. The minimum Gasteiger partial charge on any atom is -0.382 e. The predicted octanol–water partition coefficient (Wildman–Crippen LogP) is 2.09. The molecule has 0 aliphatic carbocycles. The Balaban J connectivity index is 2.29. The highest BCUT2D eigenvalue weighted by Gasteiger charge is 2.12. The average molecular weight is 227 g/mol. The van der Waals surface area contributed by atoms with Crippen LogP contribution in [0.25, 0.3) is 0 Å². The second kappa shape index (κ2) is 4.81. The van der Waals surface area contributed by atoms with E-state index < -0.39 is 8.07 Å². The van der Waals surface area contributed by atoms with E-state index in [1.54, 1.807) is 4.68 Å². The Morgan fingerprint density at radius 2 is 2.13 bits per heavy atom. The number of hydrogen-bond donors (Lipinski definition) is 1. The number of hydrogen-bond acceptors (Lipinski definition) is 3. The van der Waals surface area contributed by atoms with Crippen LogP contribution >= 0.6 is 0 Å². The number of rotatable bonds is 5. The molecule has 1 heterocycles. The number of nitrogens with zero attached hydrogens (tertiary/aromatic N) is 2. The molecule has 0 aliphatic rings. The highest BCUT2D eigenvalue weighted by molar-refractivity contribution is 6.76. The summed E-state index contributed by atoms with van der Waals surface area (Å²) in [6.07, 6.45) is 0. The Labute approximate surface area is 92.4 Å². The van der Waals surface area contributed by atoms with Gasteiger partial charge in [-0.1, -0.05) is 19.6 Å². The van der Waals surface area contributed by atoms with Crippen LogP contribution < -0.4 is 5.73 Å². The third kappa shape index (κ3) is 4.48. The molecule has 15 heavy (non-hydrogen) atoms. The lowest BCUT2D eigenvalue weighted by Gasteiger charge is -2.15. The van der Waals surface area contributed by atoms with Crippen molar-refractivity contribution in [2.24, 2.45) is 0 Å². The summed E-state index contributed by atoms with van der Waals surface area (Å²) in [4.78, 5) is 0. The van der Waals surface area contributed by atoms with E-state index in [4.69, 9.17) is 10.5 Å². The lowest BCUT2D eigenvalue weighted by Crippen LogP contribution is -2.22. The Morgan fingerprint density at radius 1 is 1.47 bits per heavy atom. The third-order valence-electron chi connectivity index (χ3n) is 2.21. The van der Waals surface area contributed by atoms with Gasteiger partial charge in [-0.3, -0.25) is 0 Å². The summed E-state index contributed by atoms with van der Waals surface area (Å²) in [6, 6.07) is 3.03. The third-order valence-corrected chi connectivity index (χ3v) is 3.91. The van der Waals surface area contributed by atoms with Crippen LogP contribution in [0, 0.1) is 6.92 Å². The number of nitrogens with two attached hydrogens (primary N) is 1. The van der Waals surface area contributed by atoms with Gasteiger partial charge in [-0.25, -0.2) is 4.68 Å². The Hall–Kier alpha value is -0.813. The maximum atomic E-state index is 5.57. The number of anilines is 1. The molecule has 0 saturated carbocycles. The van der Waals surface area contributed by atoms with Gasteiger partial charge in [-0.2, -0.15) is 5.10 Å². The van der Waals surface area contributed by atoms with Gasteiger partial charge in [-0.15, -0.1) is 0 Å². The fourth-order valence-electron chi connectivity index (χ4n) is 1.20. The van der Waals surface area contributed by atoms with Crippen LogP contribution in [-0.2, 0) is 11.5 Å². The van der Waals surface area contributed by atoms with Gasteiger partial charge in [0.15, 0.2) is 0 Å². The highest BCUT2D eigenvalue weighted by Crippen LogP contribution is 2.09. The second-order valence-electron chi connectivity index (χ2n) is 5.06. The molecule has 86 valence electrons. The molecule has 0 aromatic carbocycles. The number of aryl methyl sites for hydroxylation is 1. The van der Waals surface area contributed by atoms with Crippen LogP contribution in [0.15, 0.2) is 6.07 Å². The van der Waals surface area contributed by atoms with Gasteiger partial charge >= 0.3 is 0 Å². The van der Waals surface area contributed by atoms with Crippen molar-refractivity contribution >= 4 is 13.9 Å². The van der Waals surface area contributed by atoms with Crippen molar-refractivity contribution in [2.45, 2.75) is 39.3 Å². The van der Waals surface area contributed by atoms with E-state index in [0.29, 0.717) is 12.5 Å². The van der Waals surface area contributed by atoms with E-state index in [2.05, 4.69) is 24.7 Å². The van der Waals surface area contributed by atoms with E-state index in [9.17, 15) is 0 Å². The number of nitrogen functional groups attached to an aromatic ring is 1. The van der Waals surface area contributed by atoms with Crippen LogP contribution in [0.4, 0.5) is 5.82 Å². The first-order valence-corrected chi connectivity index (χ1v) is 8.97. The highest BCUT2D eigenvalue weighted by atomic mass is 28.3. The van der Waals surface area contributed by atoms with E-state index in [0.717, 1.165) is 12.3 Å². The van der Waals surface area contributed by atoms with E-state index in [1.165, 1.54) is 6.04 Å². The van der Waals surface area contributed by atoms with Crippen molar-refractivity contribution < 1.29 is 4.74 Å². The average Bonchev–Trinajstić information content (AvgIpc) is 2.37. The predicted molar refractivity (Wildman–Crippen MR) is 65.5 cm³/mol. The molecule has 0 aliphatic heterocycles. The molecule has 1 rings (SSSR count). The molecule has 1 aromatic rings. The fraction of sp³-hybridized carbons (Fsp3) is 0.700. The van der Waals surface area contributed by atoms with Crippen molar-refractivity contribution in [3.8, 4) is 0 Å². The molecule has 2 N–H and O–H groups in total. The largest absolute Gasteiger partial charge is 0.382 e. The molecular formula is C10H21N3OSi. The summed E-state index contributed by atoms with van der Waals surface area (Å²) in [7, 11) is -0.983. The molecular weight excluding hydrogens is 206 g/mol. The minimum atomic E-state index is -0.983. The zero-order chi connectivity index (χ0) is 11.5. The molecule has 0 bridgehead atoms. The summed E-state index contributed by atoms with van der Waals surface area (Å²) < 4.78 is 7.36. The molecule has 0 radical (unpaired) electrons. The fourth-order valence-corrected chi connectivity index (χ4v) is 1.95. The Morgan fingerprint density at radius 3 is 2.60 bits per heavy atom. The zero-order valence-electron chi connectivity index (χ0n) is 10.1. The molecule has 0 atom stereocenters. The van der Waals surface area contributed by atoms with Crippen molar-refractivity contribution in [3.05, 3.63) is 11.8 Å². The van der Waals surface area contributed by atoms with Crippen LogP contribution in [0.3, 0.4) is 0 Å². The molecule has 5 heteroatoms. The van der Waals surface area contributed by atoms with Crippen LogP contribution in [0.2, 0.25) is 25.7 Å². The lowest BCUT2D eigenvalue weighted by atomic mass is 10.5. The van der Waals surface area contributed by atoms with Crippen LogP contribution in [0.5, 0.6) is 0 Å².